The fourth-order valence-electron chi connectivity index (χ4n) is 3.40. The normalized spacial score (nSPS) is 15.4. The molecule has 1 saturated heterocycles. The van der Waals surface area contributed by atoms with Crippen molar-refractivity contribution in [2.75, 3.05) is 45.3 Å². The van der Waals surface area contributed by atoms with E-state index in [1.165, 1.54) is 11.3 Å². The summed E-state index contributed by atoms with van der Waals surface area (Å²) in [4.78, 5) is 4.94. The Morgan fingerprint density at radius 2 is 1.58 bits per heavy atom. The van der Waals surface area contributed by atoms with Crippen LogP contribution in [0.4, 0.5) is 5.69 Å². The van der Waals surface area contributed by atoms with Crippen molar-refractivity contribution in [2.24, 2.45) is 0 Å². The van der Waals surface area contributed by atoms with Gasteiger partial charge in [-0.2, -0.15) is 0 Å². The van der Waals surface area contributed by atoms with E-state index in [1.807, 2.05) is 6.07 Å². The van der Waals surface area contributed by atoms with E-state index in [9.17, 15) is 0 Å². The Kier molecular flexibility index (Phi) is 5.26. The van der Waals surface area contributed by atoms with E-state index in [1.54, 1.807) is 14.2 Å². The molecule has 3 rings (SSSR count). The Morgan fingerprint density at radius 3 is 2.21 bits per heavy atom. The number of methoxy groups -OCH3 is 2. The van der Waals surface area contributed by atoms with Crippen molar-refractivity contribution in [3.05, 3.63) is 53.6 Å². The largest absolute Gasteiger partial charge is 0.496 e. The van der Waals surface area contributed by atoms with Gasteiger partial charge in [0.25, 0.3) is 0 Å². The molecule has 0 saturated carbocycles. The molecule has 0 unspecified atom stereocenters. The van der Waals surface area contributed by atoms with Crippen LogP contribution < -0.4 is 14.4 Å². The fraction of sp³-hybridized carbons (Fsp3) is 0.400. The van der Waals surface area contributed by atoms with Crippen LogP contribution in [0.25, 0.3) is 0 Å². The van der Waals surface area contributed by atoms with E-state index in [0.717, 1.165) is 49.8 Å². The second-order valence-electron chi connectivity index (χ2n) is 6.18. The third kappa shape index (κ3) is 3.49. The minimum absolute atomic E-state index is 0.879. The summed E-state index contributed by atoms with van der Waals surface area (Å²) in [7, 11) is 3.43. The van der Waals surface area contributed by atoms with Gasteiger partial charge in [0, 0.05) is 49.5 Å². The first-order valence-corrected chi connectivity index (χ1v) is 8.45. The van der Waals surface area contributed by atoms with Crippen molar-refractivity contribution in [1.29, 1.82) is 0 Å². The van der Waals surface area contributed by atoms with Crippen LogP contribution in [0.15, 0.2) is 42.5 Å². The summed E-state index contributed by atoms with van der Waals surface area (Å²) >= 11 is 0. The number of ether oxygens (including phenoxy) is 2. The fourth-order valence-corrected chi connectivity index (χ4v) is 3.40. The molecule has 1 fully saturated rings. The Morgan fingerprint density at radius 1 is 0.875 bits per heavy atom. The maximum Gasteiger partial charge on any atom is 0.129 e. The van der Waals surface area contributed by atoms with E-state index >= 15 is 0 Å². The molecule has 4 heteroatoms. The SMILES string of the molecule is COc1ccc(CN2CCN(c3ccccc3)CC2)c(OC)c1C. The van der Waals surface area contributed by atoms with Gasteiger partial charge < -0.3 is 14.4 Å². The topological polar surface area (TPSA) is 24.9 Å². The second-order valence-corrected chi connectivity index (χ2v) is 6.18. The molecule has 0 amide bonds. The zero-order valence-corrected chi connectivity index (χ0v) is 14.8. The second kappa shape index (κ2) is 7.58. The smallest absolute Gasteiger partial charge is 0.129 e. The molecule has 0 bridgehead atoms. The van der Waals surface area contributed by atoms with Crippen LogP contribution in [-0.4, -0.2) is 45.3 Å². The van der Waals surface area contributed by atoms with Crippen LogP contribution >= 0.6 is 0 Å². The van der Waals surface area contributed by atoms with Crippen molar-refractivity contribution in [1.82, 2.24) is 4.90 Å². The number of nitrogens with zero attached hydrogens (tertiary/aromatic N) is 2. The lowest BCUT2D eigenvalue weighted by molar-refractivity contribution is 0.245. The number of para-hydroxylation sites is 1. The molecule has 2 aromatic rings. The third-order valence-electron chi connectivity index (χ3n) is 4.75. The first kappa shape index (κ1) is 16.7. The molecule has 1 aliphatic heterocycles. The quantitative estimate of drug-likeness (QED) is 0.841. The molecule has 2 aromatic carbocycles. The summed E-state index contributed by atoms with van der Waals surface area (Å²) in [6.07, 6.45) is 0. The van der Waals surface area contributed by atoms with Crippen LogP contribution in [0, 0.1) is 6.92 Å². The van der Waals surface area contributed by atoms with Gasteiger partial charge in [0.1, 0.15) is 11.5 Å². The van der Waals surface area contributed by atoms with E-state index in [2.05, 4.69) is 53.1 Å². The van der Waals surface area contributed by atoms with Gasteiger partial charge in [-0.05, 0) is 25.1 Å². The molecule has 0 N–H and O–H groups in total. The Bertz CT molecular complexity index is 665. The van der Waals surface area contributed by atoms with Crippen LogP contribution in [0.3, 0.4) is 0 Å². The molecular weight excluding hydrogens is 300 g/mol. The first-order valence-electron chi connectivity index (χ1n) is 8.45. The maximum absolute atomic E-state index is 5.63. The Hall–Kier alpha value is -2.20. The van der Waals surface area contributed by atoms with Gasteiger partial charge in [-0.25, -0.2) is 0 Å². The van der Waals surface area contributed by atoms with E-state index < -0.39 is 0 Å². The van der Waals surface area contributed by atoms with Gasteiger partial charge in [-0.15, -0.1) is 0 Å². The summed E-state index contributed by atoms with van der Waals surface area (Å²) in [5, 5.41) is 0. The van der Waals surface area contributed by atoms with E-state index in [-0.39, 0.29) is 0 Å². The van der Waals surface area contributed by atoms with Gasteiger partial charge >= 0.3 is 0 Å². The standard InChI is InChI=1S/C20H26N2O2/c1-16-19(23-2)10-9-17(20(16)24-3)15-21-11-13-22(14-12-21)18-7-5-4-6-8-18/h4-10H,11-15H2,1-3H3. The first-order chi connectivity index (χ1) is 11.7. The third-order valence-corrected chi connectivity index (χ3v) is 4.75. The zero-order chi connectivity index (χ0) is 16.9. The van der Waals surface area contributed by atoms with Crippen molar-refractivity contribution >= 4 is 5.69 Å². The van der Waals surface area contributed by atoms with Gasteiger partial charge in [0.15, 0.2) is 0 Å². The number of hydrogen-bond donors (Lipinski definition) is 0. The molecule has 0 aromatic heterocycles. The summed E-state index contributed by atoms with van der Waals surface area (Å²) in [6, 6.07) is 14.8. The highest BCUT2D eigenvalue weighted by Gasteiger charge is 2.19. The van der Waals surface area contributed by atoms with E-state index in [0.29, 0.717) is 0 Å². The highest BCUT2D eigenvalue weighted by atomic mass is 16.5. The van der Waals surface area contributed by atoms with Crippen molar-refractivity contribution in [3.63, 3.8) is 0 Å². The molecule has 128 valence electrons. The summed E-state index contributed by atoms with van der Waals surface area (Å²) in [6.45, 7) is 7.19. The lowest BCUT2D eigenvalue weighted by atomic mass is 10.1. The highest BCUT2D eigenvalue weighted by molar-refractivity contribution is 5.49. The minimum atomic E-state index is 0.879. The summed E-state index contributed by atoms with van der Waals surface area (Å²) in [5.41, 5.74) is 3.61. The molecule has 24 heavy (non-hydrogen) atoms. The Labute approximate surface area is 144 Å². The molecule has 1 heterocycles. The predicted molar refractivity (Wildman–Crippen MR) is 98.2 cm³/mol. The zero-order valence-electron chi connectivity index (χ0n) is 14.8. The average Bonchev–Trinajstić information content (AvgIpc) is 2.63. The van der Waals surface area contributed by atoms with Crippen molar-refractivity contribution in [2.45, 2.75) is 13.5 Å². The lowest BCUT2D eigenvalue weighted by Crippen LogP contribution is -2.46. The van der Waals surface area contributed by atoms with E-state index in [4.69, 9.17) is 9.47 Å². The molecule has 4 nitrogen and oxygen atoms in total. The molecule has 0 aliphatic carbocycles. The van der Waals surface area contributed by atoms with Gasteiger partial charge in [0.05, 0.1) is 14.2 Å². The van der Waals surface area contributed by atoms with Crippen LogP contribution in [0.1, 0.15) is 11.1 Å². The average molecular weight is 326 g/mol. The highest BCUT2D eigenvalue weighted by Crippen LogP contribution is 2.32. The van der Waals surface area contributed by atoms with Gasteiger partial charge in [-0.3, -0.25) is 4.90 Å². The number of hydrogen-bond acceptors (Lipinski definition) is 4. The van der Waals surface area contributed by atoms with Gasteiger partial charge in [-0.1, -0.05) is 24.3 Å². The number of rotatable bonds is 5. The summed E-state index contributed by atoms with van der Waals surface area (Å²) < 4.78 is 11.0. The van der Waals surface area contributed by atoms with Crippen molar-refractivity contribution in [3.8, 4) is 11.5 Å². The van der Waals surface area contributed by atoms with Crippen molar-refractivity contribution < 1.29 is 9.47 Å². The Balaban J connectivity index is 1.65. The number of piperazine rings is 1. The molecule has 0 spiro atoms. The van der Waals surface area contributed by atoms with Crippen LogP contribution in [0.5, 0.6) is 11.5 Å². The molecular formula is C20H26N2O2. The van der Waals surface area contributed by atoms with Crippen LogP contribution in [0.2, 0.25) is 0 Å². The number of benzene rings is 2. The molecule has 0 radical (unpaired) electrons. The van der Waals surface area contributed by atoms with Crippen LogP contribution in [-0.2, 0) is 6.54 Å². The predicted octanol–water partition coefficient (Wildman–Crippen LogP) is 3.33. The minimum Gasteiger partial charge on any atom is -0.496 e. The molecule has 0 atom stereocenters. The number of anilines is 1. The maximum atomic E-state index is 5.63. The van der Waals surface area contributed by atoms with Gasteiger partial charge in [0.2, 0.25) is 0 Å². The lowest BCUT2D eigenvalue weighted by Gasteiger charge is -2.36. The molecule has 1 aliphatic rings. The summed E-state index contributed by atoms with van der Waals surface area (Å²) in [5.74, 6) is 1.82. The monoisotopic (exact) mass is 326 g/mol.